The van der Waals surface area contributed by atoms with E-state index in [0.717, 1.165) is 59.5 Å². The summed E-state index contributed by atoms with van der Waals surface area (Å²) in [7, 11) is 0. The molecule has 1 aliphatic rings. The normalized spacial score (nSPS) is 12.7. The average molecular weight is 507 g/mol. The number of hydrogen-bond acceptors (Lipinski definition) is 4. The highest BCUT2D eigenvalue weighted by Crippen LogP contribution is 2.32. The molecule has 2 N–H and O–H groups in total. The Hall–Kier alpha value is -2.49. The number of halogens is 1. The Kier molecular flexibility index (Phi) is 7.18. The van der Waals surface area contributed by atoms with Gasteiger partial charge in [0.25, 0.3) is 0 Å². The number of aryl methyl sites for hydroxylation is 1. The number of para-hydroxylation sites is 2. The second-order valence-electron chi connectivity index (χ2n) is 6.61. The first kappa shape index (κ1) is 21.2. The van der Waals surface area contributed by atoms with Gasteiger partial charge in [-0.25, -0.2) is 9.98 Å². The molecule has 0 aliphatic carbocycles. The molecule has 29 heavy (non-hydrogen) atoms. The van der Waals surface area contributed by atoms with Gasteiger partial charge in [0, 0.05) is 19.6 Å². The second-order valence-corrected chi connectivity index (χ2v) is 6.61. The minimum atomic E-state index is 0. The van der Waals surface area contributed by atoms with Crippen molar-refractivity contribution in [2.24, 2.45) is 4.99 Å². The zero-order valence-electron chi connectivity index (χ0n) is 16.6. The van der Waals surface area contributed by atoms with Crippen LogP contribution in [0.1, 0.15) is 18.3 Å². The fourth-order valence-corrected chi connectivity index (χ4v) is 3.32. The van der Waals surface area contributed by atoms with Gasteiger partial charge in [0.15, 0.2) is 17.5 Å². The van der Waals surface area contributed by atoms with Crippen molar-refractivity contribution in [3.8, 4) is 11.5 Å². The first-order valence-electron chi connectivity index (χ1n) is 9.57. The van der Waals surface area contributed by atoms with Crippen LogP contribution < -0.4 is 20.1 Å². The Labute approximate surface area is 187 Å². The lowest BCUT2D eigenvalue weighted by atomic mass is 10.2. The monoisotopic (exact) mass is 507 g/mol. The Morgan fingerprint density at radius 2 is 1.97 bits per heavy atom. The standard InChI is InChI=1S/C21H25N5O2.HI/c1-3-22-21(24-13-16-8-9-19-20(12-16)28-14-27-19)23-10-11-26-15(2)25-17-6-4-5-7-18(17)26;/h4-9,12H,3,10-11,13-14H2,1-2H3,(H2,22,23,24);1H. The number of nitrogens with one attached hydrogen (secondary N) is 2. The minimum absolute atomic E-state index is 0. The Balaban J connectivity index is 0.00000240. The summed E-state index contributed by atoms with van der Waals surface area (Å²) in [5.41, 5.74) is 3.27. The molecular weight excluding hydrogens is 481 g/mol. The first-order valence-corrected chi connectivity index (χ1v) is 9.57. The van der Waals surface area contributed by atoms with E-state index in [-0.39, 0.29) is 30.8 Å². The van der Waals surface area contributed by atoms with Gasteiger partial charge in [0.1, 0.15) is 5.82 Å². The van der Waals surface area contributed by atoms with Crippen molar-refractivity contribution in [2.75, 3.05) is 19.9 Å². The van der Waals surface area contributed by atoms with E-state index in [4.69, 9.17) is 9.47 Å². The molecule has 2 aromatic carbocycles. The molecule has 1 aliphatic heterocycles. The lowest BCUT2D eigenvalue weighted by Crippen LogP contribution is -2.38. The molecule has 0 amide bonds. The molecule has 0 unspecified atom stereocenters. The summed E-state index contributed by atoms with van der Waals surface area (Å²) in [6.45, 7) is 7.34. The number of rotatable bonds is 6. The maximum atomic E-state index is 5.44. The van der Waals surface area contributed by atoms with Crippen molar-refractivity contribution < 1.29 is 9.47 Å². The van der Waals surface area contributed by atoms with E-state index >= 15 is 0 Å². The van der Waals surface area contributed by atoms with Crippen molar-refractivity contribution >= 4 is 41.0 Å². The molecule has 0 spiro atoms. The smallest absolute Gasteiger partial charge is 0.231 e. The van der Waals surface area contributed by atoms with Crippen LogP contribution in [0.3, 0.4) is 0 Å². The fraction of sp³-hybridized carbons (Fsp3) is 0.333. The van der Waals surface area contributed by atoms with Crippen molar-refractivity contribution in [1.82, 2.24) is 20.2 Å². The molecule has 4 rings (SSSR count). The summed E-state index contributed by atoms with van der Waals surface area (Å²) in [6.07, 6.45) is 0. The zero-order valence-corrected chi connectivity index (χ0v) is 19.0. The topological polar surface area (TPSA) is 72.7 Å². The number of aliphatic imine (C=N–C) groups is 1. The van der Waals surface area contributed by atoms with Gasteiger partial charge >= 0.3 is 0 Å². The van der Waals surface area contributed by atoms with Crippen LogP contribution in [0.25, 0.3) is 11.0 Å². The van der Waals surface area contributed by atoms with Crippen molar-refractivity contribution in [3.05, 3.63) is 53.9 Å². The predicted molar refractivity (Wildman–Crippen MR) is 125 cm³/mol. The molecule has 1 aromatic heterocycles. The highest BCUT2D eigenvalue weighted by molar-refractivity contribution is 14.0. The van der Waals surface area contributed by atoms with E-state index in [9.17, 15) is 0 Å². The maximum absolute atomic E-state index is 5.44. The molecule has 2 heterocycles. The second kappa shape index (κ2) is 9.82. The van der Waals surface area contributed by atoms with Gasteiger partial charge in [-0.15, -0.1) is 24.0 Å². The summed E-state index contributed by atoms with van der Waals surface area (Å²) >= 11 is 0. The summed E-state index contributed by atoms with van der Waals surface area (Å²) in [4.78, 5) is 9.30. The minimum Gasteiger partial charge on any atom is -0.454 e. The molecule has 0 atom stereocenters. The van der Waals surface area contributed by atoms with Gasteiger partial charge in [0.05, 0.1) is 17.6 Å². The van der Waals surface area contributed by atoms with E-state index in [0.29, 0.717) is 6.54 Å². The third kappa shape index (κ3) is 4.92. The van der Waals surface area contributed by atoms with Gasteiger partial charge in [0.2, 0.25) is 6.79 Å². The zero-order chi connectivity index (χ0) is 19.3. The number of aromatic nitrogens is 2. The van der Waals surface area contributed by atoms with Gasteiger partial charge in [-0.3, -0.25) is 0 Å². The molecule has 0 bridgehead atoms. The van der Waals surface area contributed by atoms with Gasteiger partial charge in [-0.1, -0.05) is 18.2 Å². The number of benzene rings is 2. The molecular formula is C21H26IN5O2. The van der Waals surface area contributed by atoms with Crippen LogP contribution in [0.4, 0.5) is 0 Å². The first-order chi connectivity index (χ1) is 13.7. The lowest BCUT2D eigenvalue weighted by Gasteiger charge is -2.13. The average Bonchev–Trinajstić information content (AvgIpc) is 3.29. The molecule has 0 radical (unpaired) electrons. The fourth-order valence-electron chi connectivity index (χ4n) is 3.32. The largest absolute Gasteiger partial charge is 0.454 e. The number of ether oxygens (including phenoxy) is 2. The molecule has 0 fully saturated rings. The summed E-state index contributed by atoms with van der Waals surface area (Å²) in [5.74, 6) is 3.39. The van der Waals surface area contributed by atoms with Crippen LogP contribution in [-0.4, -0.2) is 35.4 Å². The van der Waals surface area contributed by atoms with E-state index in [1.807, 2.05) is 43.3 Å². The molecule has 3 aromatic rings. The predicted octanol–water partition coefficient (Wildman–Crippen LogP) is 3.45. The number of fused-ring (bicyclic) bond motifs is 2. The van der Waals surface area contributed by atoms with E-state index in [2.05, 4.69) is 38.2 Å². The van der Waals surface area contributed by atoms with Gasteiger partial charge < -0.3 is 24.7 Å². The number of hydrogen-bond donors (Lipinski definition) is 2. The molecule has 0 saturated carbocycles. The quantitative estimate of drug-likeness (QED) is 0.304. The Morgan fingerprint density at radius 1 is 1.14 bits per heavy atom. The lowest BCUT2D eigenvalue weighted by molar-refractivity contribution is 0.174. The van der Waals surface area contributed by atoms with Crippen LogP contribution in [0.2, 0.25) is 0 Å². The highest BCUT2D eigenvalue weighted by Gasteiger charge is 2.13. The summed E-state index contributed by atoms with van der Waals surface area (Å²) in [6, 6.07) is 14.1. The van der Waals surface area contributed by atoms with Gasteiger partial charge in [-0.2, -0.15) is 0 Å². The van der Waals surface area contributed by atoms with Crippen molar-refractivity contribution in [1.29, 1.82) is 0 Å². The number of imidazole rings is 1. The Bertz CT molecular complexity index is 1000. The Morgan fingerprint density at radius 3 is 2.83 bits per heavy atom. The van der Waals surface area contributed by atoms with Crippen LogP contribution in [-0.2, 0) is 13.1 Å². The maximum Gasteiger partial charge on any atom is 0.231 e. The van der Waals surface area contributed by atoms with Crippen LogP contribution in [0.5, 0.6) is 11.5 Å². The SMILES string of the molecule is CCNC(=NCc1ccc2c(c1)OCO2)NCCn1c(C)nc2ccccc21.I. The van der Waals surface area contributed by atoms with Gasteiger partial charge in [-0.05, 0) is 43.7 Å². The van der Waals surface area contributed by atoms with Crippen molar-refractivity contribution in [2.45, 2.75) is 26.9 Å². The number of guanidine groups is 1. The van der Waals surface area contributed by atoms with Crippen molar-refractivity contribution in [3.63, 3.8) is 0 Å². The van der Waals surface area contributed by atoms with E-state index in [1.54, 1.807) is 0 Å². The van der Waals surface area contributed by atoms with Crippen LogP contribution >= 0.6 is 24.0 Å². The third-order valence-electron chi connectivity index (χ3n) is 4.67. The molecule has 7 nitrogen and oxygen atoms in total. The third-order valence-corrected chi connectivity index (χ3v) is 4.67. The number of nitrogens with zero attached hydrogens (tertiary/aromatic N) is 3. The molecule has 154 valence electrons. The van der Waals surface area contributed by atoms with Crippen LogP contribution in [0, 0.1) is 6.92 Å². The molecule has 8 heteroatoms. The van der Waals surface area contributed by atoms with Crippen LogP contribution in [0.15, 0.2) is 47.5 Å². The summed E-state index contributed by atoms with van der Waals surface area (Å²) < 4.78 is 13.0. The highest BCUT2D eigenvalue weighted by atomic mass is 127. The summed E-state index contributed by atoms with van der Waals surface area (Å²) in [5, 5.41) is 6.70. The van der Waals surface area contributed by atoms with E-state index < -0.39 is 0 Å². The van der Waals surface area contributed by atoms with E-state index in [1.165, 1.54) is 0 Å². The molecule has 0 saturated heterocycles.